The zero-order valence-electron chi connectivity index (χ0n) is 30.3. The Morgan fingerprint density at radius 2 is 0.895 bits per heavy atom. The van der Waals surface area contributed by atoms with Crippen molar-refractivity contribution in [2.75, 3.05) is 0 Å². The average molecular weight is 732 g/mol. The molecule has 12 rings (SSSR count). The lowest BCUT2D eigenvalue weighted by atomic mass is 9.98. The van der Waals surface area contributed by atoms with Crippen LogP contribution in [-0.2, 0) is 0 Å². The molecule has 0 aliphatic carbocycles. The first kappa shape index (κ1) is 31.5. The van der Waals surface area contributed by atoms with Gasteiger partial charge in [-0.1, -0.05) is 115 Å². The van der Waals surface area contributed by atoms with E-state index < -0.39 is 0 Å². The van der Waals surface area contributed by atoms with Crippen molar-refractivity contribution in [3.63, 3.8) is 0 Å². The highest BCUT2D eigenvalue weighted by Crippen LogP contribution is 2.40. The lowest BCUT2D eigenvalue weighted by molar-refractivity contribution is 0.668. The molecule has 7 nitrogen and oxygen atoms in total. The third kappa shape index (κ3) is 4.86. The third-order valence-electron chi connectivity index (χ3n) is 11.0. The van der Waals surface area contributed by atoms with Crippen LogP contribution in [0.3, 0.4) is 0 Å². The fourth-order valence-corrected chi connectivity index (χ4v) is 8.46. The highest BCUT2D eigenvalue weighted by molar-refractivity contribution is 6.13. The van der Waals surface area contributed by atoms with Gasteiger partial charge in [-0.05, 0) is 59.7 Å². The van der Waals surface area contributed by atoms with Crippen LogP contribution >= 0.6 is 0 Å². The van der Waals surface area contributed by atoms with Crippen LogP contribution in [0, 0.1) is 0 Å². The summed E-state index contributed by atoms with van der Waals surface area (Å²) < 4.78 is 14.8. The smallest absolute Gasteiger partial charge is 0.166 e. The number of pyridine rings is 1. The fraction of sp³-hybridized carbons (Fsp3) is 0. The minimum Gasteiger partial charge on any atom is -0.456 e. The lowest BCUT2D eigenvalue weighted by Crippen LogP contribution is -2.03. The molecular formula is C50H29N5O2. The van der Waals surface area contributed by atoms with E-state index in [0.29, 0.717) is 17.5 Å². The molecule has 5 heterocycles. The number of rotatable bonds is 5. The van der Waals surface area contributed by atoms with Crippen molar-refractivity contribution in [1.29, 1.82) is 0 Å². The van der Waals surface area contributed by atoms with Gasteiger partial charge in [0.25, 0.3) is 0 Å². The van der Waals surface area contributed by atoms with Crippen molar-refractivity contribution in [3.05, 3.63) is 176 Å². The molecule has 0 aliphatic rings. The largest absolute Gasteiger partial charge is 0.456 e. The summed E-state index contributed by atoms with van der Waals surface area (Å²) in [6.07, 6.45) is 3.59. The molecule has 0 amide bonds. The first-order chi connectivity index (χ1) is 28.3. The molecule has 0 saturated heterocycles. The quantitative estimate of drug-likeness (QED) is 0.175. The monoisotopic (exact) mass is 731 g/mol. The van der Waals surface area contributed by atoms with Gasteiger partial charge in [0.2, 0.25) is 0 Å². The Hall–Kier alpha value is -7.90. The van der Waals surface area contributed by atoms with Gasteiger partial charge in [0.15, 0.2) is 17.5 Å². The van der Waals surface area contributed by atoms with Crippen molar-refractivity contribution in [3.8, 4) is 51.0 Å². The van der Waals surface area contributed by atoms with Crippen LogP contribution in [0.15, 0.2) is 185 Å². The van der Waals surface area contributed by atoms with E-state index in [4.69, 9.17) is 23.8 Å². The van der Waals surface area contributed by atoms with E-state index in [1.807, 2.05) is 60.8 Å². The minimum atomic E-state index is 0.544. The maximum absolute atomic E-state index is 6.28. The van der Waals surface area contributed by atoms with Crippen LogP contribution in [0.2, 0.25) is 0 Å². The molecule has 7 aromatic carbocycles. The zero-order valence-corrected chi connectivity index (χ0v) is 30.3. The van der Waals surface area contributed by atoms with Crippen molar-refractivity contribution in [2.45, 2.75) is 0 Å². The predicted molar refractivity (Wildman–Crippen MR) is 228 cm³/mol. The van der Waals surface area contributed by atoms with E-state index >= 15 is 0 Å². The molecule has 57 heavy (non-hydrogen) atoms. The van der Waals surface area contributed by atoms with Gasteiger partial charge < -0.3 is 13.4 Å². The molecule has 266 valence electrons. The summed E-state index contributed by atoms with van der Waals surface area (Å²) in [5, 5.41) is 6.38. The van der Waals surface area contributed by atoms with Crippen LogP contribution in [0.25, 0.3) is 117 Å². The van der Waals surface area contributed by atoms with Gasteiger partial charge in [0.05, 0.1) is 16.7 Å². The van der Waals surface area contributed by atoms with Crippen LogP contribution in [0.4, 0.5) is 0 Å². The van der Waals surface area contributed by atoms with E-state index in [-0.39, 0.29) is 0 Å². The topological polar surface area (TPSA) is 82.8 Å². The molecule has 0 radical (unpaired) electrons. The van der Waals surface area contributed by atoms with Crippen molar-refractivity contribution < 1.29 is 8.83 Å². The zero-order chi connectivity index (χ0) is 37.5. The lowest BCUT2D eigenvalue weighted by Gasteiger charge is -2.15. The van der Waals surface area contributed by atoms with Gasteiger partial charge in [-0.3, -0.25) is 4.98 Å². The Morgan fingerprint density at radius 1 is 0.368 bits per heavy atom. The number of aromatic nitrogens is 5. The Labute approximate surface area is 325 Å². The number of furan rings is 2. The number of hydrogen-bond donors (Lipinski definition) is 0. The summed E-state index contributed by atoms with van der Waals surface area (Å²) in [4.78, 5) is 20.2. The second-order valence-electron chi connectivity index (χ2n) is 14.2. The number of fused-ring (bicyclic) bond motifs is 9. The molecule has 12 aromatic rings. The summed E-state index contributed by atoms with van der Waals surface area (Å²) in [5.41, 5.74) is 11.2. The molecule has 0 atom stereocenters. The molecule has 0 bridgehead atoms. The van der Waals surface area contributed by atoms with Crippen molar-refractivity contribution in [2.24, 2.45) is 0 Å². The average Bonchev–Trinajstić information content (AvgIpc) is 3.96. The van der Waals surface area contributed by atoms with Crippen molar-refractivity contribution >= 4 is 65.7 Å². The van der Waals surface area contributed by atoms with Crippen LogP contribution in [0.1, 0.15) is 0 Å². The van der Waals surface area contributed by atoms with Gasteiger partial charge in [0, 0.05) is 61.4 Å². The molecule has 7 heteroatoms. The molecule has 0 saturated carbocycles. The predicted octanol–water partition coefficient (Wildman–Crippen LogP) is 12.8. The number of benzene rings is 7. The summed E-state index contributed by atoms with van der Waals surface area (Å²) in [6, 6.07) is 56.2. The highest BCUT2D eigenvalue weighted by atomic mass is 16.3. The van der Waals surface area contributed by atoms with Crippen LogP contribution in [0.5, 0.6) is 0 Å². The van der Waals surface area contributed by atoms with Gasteiger partial charge in [-0.2, -0.15) is 0 Å². The van der Waals surface area contributed by atoms with Crippen LogP contribution < -0.4 is 0 Å². The summed E-state index contributed by atoms with van der Waals surface area (Å²) in [7, 11) is 0. The molecule has 0 spiro atoms. The number of nitrogens with zero attached hydrogens (tertiary/aromatic N) is 5. The maximum atomic E-state index is 6.28. The van der Waals surface area contributed by atoms with Crippen LogP contribution in [-0.4, -0.2) is 24.5 Å². The first-order valence-electron chi connectivity index (χ1n) is 18.9. The summed E-state index contributed by atoms with van der Waals surface area (Å²) in [6.45, 7) is 0. The van der Waals surface area contributed by atoms with E-state index in [1.165, 1.54) is 10.8 Å². The standard InChI is InChI=1S/C50H29N5O2/c1-5-17-39-33(11-1)34-12-2-6-18-40(34)55(39)41-19-7-3-13-35(41)49-52-48(53-50(54-49)37-16-10-22-45-47(37)38-29-51-28-27-43(38)57-45)31-25-23-30(24-26-31)32-15-9-21-44-46(32)36-14-4-8-20-42(36)56-44/h1-29H. The normalized spacial score (nSPS) is 11.9. The number of hydrogen-bond acceptors (Lipinski definition) is 6. The second kappa shape index (κ2) is 12.3. The second-order valence-corrected chi connectivity index (χ2v) is 14.2. The Bertz CT molecular complexity index is 3490. The Balaban J connectivity index is 1.08. The van der Waals surface area contributed by atoms with Gasteiger partial charge in [-0.25, -0.2) is 15.0 Å². The molecule has 0 aliphatic heterocycles. The van der Waals surface area contributed by atoms with E-state index in [1.54, 1.807) is 6.20 Å². The first-order valence-corrected chi connectivity index (χ1v) is 18.9. The van der Waals surface area contributed by atoms with Crippen molar-refractivity contribution in [1.82, 2.24) is 24.5 Å². The van der Waals surface area contributed by atoms with Gasteiger partial charge >= 0.3 is 0 Å². The van der Waals surface area contributed by atoms with E-state index in [2.05, 4.69) is 119 Å². The summed E-state index contributed by atoms with van der Waals surface area (Å²) in [5.74, 6) is 1.67. The third-order valence-corrected chi connectivity index (χ3v) is 11.0. The molecule has 5 aromatic heterocycles. The maximum Gasteiger partial charge on any atom is 0.166 e. The Morgan fingerprint density at radius 3 is 1.65 bits per heavy atom. The van der Waals surface area contributed by atoms with E-state index in [9.17, 15) is 0 Å². The molecule has 0 N–H and O–H groups in total. The molecule has 0 unspecified atom stereocenters. The SMILES string of the molecule is c1ccc(-n2c3ccccc3c3ccccc32)c(-c2nc(-c3ccc(-c4cccc5oc6ccccc6c45)cc3)nc(-c3cccc4oc5ccncc5c34)n2)c1. The van der Waals surface area contributed by atoms with Gasteiger partial charge in [-0.15, -0.1) is 0 Å². The highest BCUT2D eigenvalue weighted by Gasteiger charge is 2.21. The minimum absolute atomic E-state index is 0.544. The van der Waals surface area contributed by atoms with Gasteiger partial charge in [0.1, 0.15) is 22.3 Å². The number of para-hydroxylation sites is 4. The Kier molecular flexibility index (Phi) is 6.79. The summed E-state index contributed by atoms with van der Waals surface area (Å²) >= 11 is 0. The molecule has 0 fully saturated rings. The molecular weight excluding hydrogens is 703 g/mol. The van der Waals surface area contributed by atoms with E-state index in [0.717, 1.165) is 88.4 Å². The fourth-order valence-electron chi connectivity index (χ4n) is 8.46.